The molecule has 0 saturated carbocycles. The first kappa shape index (κ1) is 9.34. The molecule has 0 spiro atoms. The van der Waals surface area contributed by atoms with Gasteiger partial charge in [-0.2, -0.15) is 0 Å². The molecule has 0 radical (unpaired) electrons. The molecule has 0 amide bonds. The molecule has 2 rings (SSSR count). The summed E-state index contributed by atoms with van der Waals surface area (Å²) in [6.07, 6.45) is 1.69. The number of aromatic hydroxyl groups is 1. The van der Waals surface area contributed by atoms with Crippen molar-refractivity contribution in [1.82, 2.24) is 4.57 Å². The molecule has 2 nitrogen and oxygen atoms in total. The molecule has 0 bridgehead atoms. The van der Waals surface area contributed by atoms with Gasteiger partial charge < -0.3 is 9.67 Å². The van der Waals surface area contributed by atoms with E-state index in [4.69, 9.17) is 0 Å². The first-order valence-electron chi connectivity index (χ1n) is 4.28. The lowest BCUT2D eigenvalue weighted by Crippen LogP contribution is -1.88. The fourth-order valence-corrected chi connectivity index (χ4v) is 1.72. The van der Waals surface area contributed by atoms with Gasteiger partial charge in [0.05, 0.1) is 5.69 Å². The lowest BCUT2D eigenvalue weighted by Gasteiger charge is -2.02. The van der Waals surface area contributed by atoms with E-state index in [-0.39, 0.29) is 0 Å². The topological polar surface area (TPSA) is 25.2 Å². The van der Waals surface area contributed by atoms with Crippen molar-refractivity contribution in [2.45, 2.75) is 0 Å². The minimum absolute atomic E-state index is 0.297. The highest BCUT2D eigenvalue weighted by molar-refractivity contribution is 9.10. The van der Waals surface area contributed by atoms with Crippen LogP contribution in [0.1, 0.15) is 0 Å². The highest BCUT2D eigenvalue weighted by Gasteiger charge is 2.03. The van der Waals surface area contributed by atoms with E-state index in [1.807, 2.05) is 35.9 Å². The molecule has 1 heterocycles. The molecule has 2 aromatic rings. The molecule has 0 atom stereocenters. The zero-order chi connectivity index (χ0) is 10.1. The van der Waals surface area contributed by atoms with Crippen molar-refractivity contribution in [1.29, 1.82) is 0 Å². The van der Waals surface area contributed by atoms with E-state index < -0.39 is 0 Å². The summed E-state index contributed by atoms with van der Waals surface area (Å²) in [6, 6.07) is 9.75. The van der Waals surface area contributed by atoms with E-state index >= 15 is 0 Å². The van der Waals surface area contributed by atoms with Crippen molar-refractivity contribution in [3.8, 4) is 17.0 Å². The second kappa shape index (κ2) is 3.50. The molecule has 1 N–H and O–H groups in total. The minimum atomic E-state index is 0.297. The zero-order valence-electron chi connectivity index (χ0n) is 7.74. The molecule has 3 heteroatoms. The predicted molar refractivity (Wildman–Crippen MR) is 60.2 cm³/mol. The average Bonchev–Trinajstić information content (AvgIpc) is 2.47. The maximum Gasteiger partial charge on any atom is 0.133 e. The summed E-state index contributed by atoms with van der Waals surface area (Å²) in [6.45, 7) is 0. The van der Waals surface area contributed by atoms with Crippen molar-refractivity contribution < 1.29 is 5.11 Å². The molecule has 1 aromatic carbocycles. The highest BCUT2D eigenvalue weighted by atomic mass is 79.9. The lowest BCUT2D eigenvalue weighted by atomic mass is 10.1. The van der Waals surface area contributed by atoms with Crippen LogP contribution < -0.4 is 0 Å². The Kier molecular flexibility index (Phi) is 2.33. The largest absolute Gasteiger partial charge is 0.506 e. The Bertz CT molecular complexity index is 445. The molecular formula is C11H10BrNO. The Balaban J connectivity index is 2.49. The molecule has 0 fully saturated rings. The number of aromatic nitrogens is 1. The first-order valence-corrected chi connectivity index (χ1v) is 5.07. The van der Waals surface area contributed by atoms with E-state index in [1.54, 1.807) is 12.3 Å². The van der Waals surface area contributed by atoms with Crippen LogP contribution in [0.3, 0.4) is 0 Å². The van der Waals surface area contributed by atoms with Crippen LogP contribution in [0.5, 0.6) is 5.75 Å². The summed E-state index contributed by atoms with van der Waals surface area (Å²) in [5, 5.41) is 9.32. The Hall–Kier alpha value is -1.22. The van der Waals surface area contributed by atoms with E-state index in [0.717, 1.165) is 15.7 Å². The van der Waals surface area contributed by atoms with Crippen LogP contribution >= 0.6 is 15.9 Å². The molecule has 72 valence electrons. The second-order valence-corrected chi connectivity index (χ2v) is 4.12. The molecule has 0 aliphatic heterocycles. The van der Waals surface area contributed by atoms with Crippen LogP contribution in [0.2, 0.25) is 0 Å². The smallest absolute Gasteiger partial charge is 0.133 e. The Morgan fingerprint density at radius 1 is 1.21 bits per heavy atom. The van der Waals surface area contributed by atoms with Crippen molar-refractivity contribution in [3.63, 3.8) is 0 Å². The van der Waals surface area contributed by atoms with Gasteiger partial charge in [-0.3, -0.25) is 0 Å². The van der Waals surface area contributed by atoms with Gasteiger partial charge in [0, 0.05) is 23.8 Å². The van der Waals surface area contributed by atoms with Crippen LogP contribution in [0.15, 0.2) is 41.0 Å². The summed E-state index contributed by atoms with van der Waals surface area (Å²) in [7, 11) is 1.91. The quantitative estimate of drug-likeness (QED) is 0.828. The normalized spacial score (nSPS) is 10.4. The van der Waals surface area contributed by atoms with E-state index in [0.29, 0.717) is 5.75 Å². The van der Waals surface area contributed by atoms with E-state index in [2.05, 4.69) is 15.9 Å². The Labute approximate surface area is 90.9 Å². The molecule has 14 heavy (non-hydrogen) atoms. The van der Waals surface area contributed by atoms with Crippen molar-refractivity contribution in [2.75, 3.05) is 0 Å². The summed E-state index contributed by atoms with van der Waals surface area (Å²) in [4.78, 5) is 0. The Morgan fingerprint density at radius 2 is 1.86 bits per heavy atom. The van der Waals surface area contributed by atoms with Crippen LogP contribution in [0.25, 0.3) is 11.3 Å². The predicted octanol–water partition coefficient (Wildman–Crippen LogP) is 3.16. The third-order valence-corrected chi connectivity index (χ3v) is 2.66. The van der Waals surface area contributed by atoms with Crippen molar-refractivity contribution >= 4 is 15.9 Å². The highest BCUT2D eigenvalue weighted by Crippen LogP contribution is 2.25. The van der Waals surface area contributed by atoms with Crippen LogP contribution in [0, 0.1) is 0 Å². The second-order valence-electron chi connectivity index (χ2n) is 3.20. The maximum atomic E-state index is 9.32. The molecule has 0 unspecified atom stereocenters. The fourth-order valence-electron chi connectivity index (χ4n) is 1.45. The number of hydrogen-bond acceptors (Lipinski definition) is 1. The van der Waals surface area contributed by atoms with Crippen LogP contribution in [0.4, 0.5) is 0 Å². The van der Waals surface area contributed by atoms with Gasteiger partial charge in [0.1, 0.15) is 5.75 Å². The van der Waals surface area contributed by atoms with Gasteiger partial charge >= 0.3 is 0 Å². The zero-order valence-corrected chi connectivity index (χ0v) is 9.32. The van der Waals surface area contributed by atoms with Gasteiger partial charge in [-0.05, 0) is 17.7 Å². The van der Waals surface area contributed by atoms with Crippen LogP contribution in [-0.2, 0) is 7.05 Å². The maximum absolute atomic E-state index is 9.32. The van der Waals surface area contributed by atoms with Gasteiger partial charge in [0.2, 0.25) is 0 Å². The van der Waals surface area contributed by atoms with E-state index in [9.17, 15) is 5.11 Å². The third-order valence-electron chi connectivity index (χ3n) is 2.13. The van der Waals surface area contributed by atoms with Crippen molar-refractivity contribution in [3.05, 3.63) is 41.0 Å². The SMILES string of the molecule is Cn1cc(O)cc1-c1ccc(Br)cc1. The van der Waals surface area contributed by atoms with Gasteiger partial charge in [-0.25, -0.2) is 0 Å². The standard InChI is InChI=1S/C11H10BrNO/c1-13-7-10(14)6-11(13)8-2-4-9(12)5-3-8/h2-7,14H,1H3. The molecule has 1 aromatic heterocycles. The Morgan fingerprint density at radius 3 is 2.36 bits per heavy atom. The molecule has 0 aliphatic carbocycles. The average molecular weight is 252 g/mol. The number of rotatable bonds is 1. The van der Waals surface area contributed by atoms with Gasteiger partial charge in [-0.15, -0.1) is 0 Å². The van der Waals surface area contributed by atoms with Crippen LogP contribution in [-0.4, -0.2) is 9.67 Å². The van der Waals surface area contributed by atoms with Crippen molar-refractivity contribution in [2.24, 2.45) is 7.05 Å². The fraction of sp³-hybridized carbons (Fsp3) is 0.0909. The summed E-state index contributed by atoms with van der Waals surface area (Å²) >= 11 is 3.39. The molecule has 0 aliphatic rings. The first-order chi connectivity index (χ1) is 6.66. The summed E-state index contributed by atoms with van der Waals surface area (Å²) < 4.78 is 2.96. The number of nitrogens with zero attached hydrogens (tertiary/aromatic N) is 1. The minimum Gasteiger partial charge on any atom is -0.506 e. The monoisotopic (exact) mass is 251 g/mol. The van der Waals surface area contributed by atoms with Gasteiger partial charge in [0.25, 0.3) is 0 Å². The van der Waals surface area contributed by atoms with Gasteiger partial charge in [0.15, 0.2) is 0 Å². The molecular weight excluding hydrogens is 242 g/mol. The summed E-state index contributed by atoms with van der Waals surface area (Å²) in [5.74, 6) is 0.297. The van der Waals surface area contributed by atoms with Gasteiger partial charge in [-0.1, -0.05) is 28.1 Å². The number of benzene rings is 1. The third kappa shape index (κ3) is 1.68. The number of halogens is 1. The molecule has 0 saturated heterocycles. The number of aryl methyl sites for hydroxylation is 1. The van der Waals surface area contributed by atoms with E-state index in [1.165, 1.54) is 0 Å². The lowest BCUT2D eigenvalue weighted by molar-refractivity contribution is 0.474. The number of hydrogen-bond donors (Lipinski definition) is 1. The summed E-state index contributed by atoms with van der Waals surface area (Å²) in [5.41, 5.74) is 2.10.